The molecule has 1 aromatic carbocycles. The van der Waals surface area contributed by atoms with Gasteiger partial charge in [-0.3, -0.25) is 0 Å². The van der Waals surface area contributed by atoms with E-state index in [2.05, 4.69) is 46.2 Å². The molecule has 2 aromatic rings. The van der Waals surface area contributed by atoms with Crippen molar-refractivity contribution < 1.29 is 0 Å². The van der Waals surface area contributed by atoms with Crippen LogP contribution in [-0.2, 0) is 6.54 Å². The van der Waals surface area contributed by atoms with Gasteiger partial charge in [-0.05, 0) is 31.0 Å². The molecule has 0 unspecified atom stereocenters. The lowest BCUT2D eigenvalue weighted by molar-refractivity contribution is 0.696. The first-order valence-electron chi connectivity index (χ1n) is 5.11. The SMILES string of the molecule is Cc1ccc(Cn2ncc(C)c2N)cc1Br. The molecule has 1 heterocycles. The van der Waals surface area contributed by atoms with Crippen molar-refractivity contribution in [2.45, 2.75) is 20.4 Å². The highest BCUT2D eigenvalue weighted by molar-refractivity contribution is 9.10. The molecule has 0 aliphatic rings. The van der Waals surface area contributed by atoms with E-state index in [1.54, 1.807) is 6.20 Å². The second-order valence-corrected chi connectivity index (χ2v) is 4.81. The second-order valence-electron chi connectivity index (χ2n) is 3.95. The number of aryl methyl sites for hydroxylation is 2. The second kappa shape index (κ2) is 4.29. The van der Waals surface area contributed by atoms with Crippen molar-refractivity contribution in [1.29, 1.82) is 0 Å². The van der Waals surface area contributed by atoms with Crippen LogP contribution in [0.2, 0.25) is 0 Å². The quantitative estimate of drug-likeness (QED) is 0.919. The summed E-state index contributed by atoms with van der Waals surface area (Å²) in [6, 6.07) is 6.29. The van der Waals surface area contributed by atoms with Gasteiger partial charge < -0.3 is 5.73 Å². The molecule has 0 atom stereocenters. The molecule has 84 valence electrons. The Bertz CT molecular complexity index is 517. The molecule has 0 bridgehead atoms. The molecule has 0 fully saturated rings. The van der Waals surface area contributed by atoms with Crippen LogP contribution in [0.15, 0.2) is 28.9 Å². The van der Waals surface area contributed by atoms with Gasteiger partial charge in [-0.2, -0.15) is 5.10 Å². The lowest BCUT2D eigenvalue weighted by Crippen LogP contribution is -2.06. The molecule has 2 N–H and O–H groups in total. The van der Waals surface area contributed by atoms with Crippen LogP contribution in [0.1, 0.15) is 16.7 Å². The van der Waals surface area contributed by atoms with Crippen LogP contribution in [0.25, 0.3) is 0 Å². The third-order valence-corrected chi connectivity index (χ3v) is 3.50. The Morgan fingerprint density at radius 2 is 2.06 bits per heavy atom. The highest BCUT2D eigenvalue weighted by Gasteiger charge is 2.04. The Morgan fingerprint density at radius 1 is 1.31 bits per heavy atom. The Balaban J connectivity index is 2.27. The molecule has 0 radical (unpaired) electrons. The summed E-state index contributed by atoms with van der Waals surface area (Å²) >= 11 is 3.52. The van der Waals surface area contributed by atoms with Gasteiger partial charge in [0.2, 0.25) is 0 Å². The molecule has 1 aromatic heterocycles. The minimum absolute atomic E-state index is 0.707. The van der Waals surface area contributed by atoms with Gasteiger partial charge in [0.25, 0.3) is 0 Å². The van der Waals surface area contributed by atoms with E-state index in [0.717, 1.165) is 15.9 Å². The number of nitrogens with zero attached hydrogens (tertiary/aromatic N) is 2. The van der Waals surface area contributed by atoms with E-state index in [1.807, 2.05) is 11.6 Å². The Labute approximate surface area is 103 Å². The van der Waals surface area contributed by atoms with Gasteiger partial charge in [0, 0.05) is 10.0 Å². The monoisotopic (exact) mass is 279 g/mol. The summed E-state index contributed by atoms with van der Waals surface area (Å²) in [5, 5.41) is 4.24. The van der Waals surface area contributed by atoms with E-state index in [9.17, 15) is 0 Å². The zero-order chi connectivity index (χ0) is 11.7. The first-order chi connectivity index (χ1) is 7.58. The predicted octanol–water partition coefficient (Wildman–Crippen LogP) is 2.89. The fraction of sp³-hybridized carbons (Fsp3) is 0.250. The largest absolute Gasteiger partial charge is 0.384 e. The highest BCUT2D eigenvalue weighted by Crippen LogP contribution is 2.19. The zero-order valence-electron chi connectivity index (χ0n) is 9.37. The molecule has 0 spiro atoms. The normalized spacial score (nSPS) is 10.7. The van der Waals surface area contributed by atoms with Gasteiger partial charge in [-0.25, -0.2) is 4.68 Å². The summed E-state index contributed by atoms with van der Waals surface area (Å²) in [5.41, 5.74) is 9.34. The number of nitrogens with two attached hydrogens (primary N) is 1. The van der Waals surface area contributed by atoms with Crippen LogP contribution in [0.4, 0.5) is 5.82 Å². The lowest BCUT2D eigenvalue weighted by Gasteiger charge is -2.06. The Kier molecular flexibility index (Phi) is 3.01. The average molecular weight is 280 g/mol. The third kappa shape index (κ3) is 2.11. The summed E-state index contributed by atoms with van der Waals surface area (Å²) in [7, 11) is 0. The molecular weight excluding hydrogens is 266 g/mol. The molecule has 0 aliphatic heterocycles. The number of benzene rings is 1. The highest BCUT2D eigenvalue weighted by atomic mass is 79.9. The molecule has 0 saturated heterocycles. The minimum Gasteiger partial charge on any atom is -0.384 e. The van der Waals surface area contributed by atoms with Crippen LogP contribution in [0, 0.1) is 13.8 Å². The maximum Gasteiger partial charge on any atom is 0.124 e. The Morgan fingerprint density at radius 3 is 2.62 bits per heavy atom. The molecule has 0 amide bonds. The standard InChI is InChI=1S/C12H14BrN3/c1-8-3-4-10(5-11(8)13)7-16-12(14)9(2)6-15-16/h3-6H,7,14H2,1-2H3. The van der Waals surface area contributed by atoms with Crippen LogP contribution >= 0.6 is 15.9 Å². The van der Waals surface area contributed by atoms with Gasteiger partial charge in [0.1, 0.15) is 5.82 Å². The summed E-state index contributed by atoms with van der Waals surface area (Å²) < 4.78 is 2.93. The third-order valence-electron chi connectivity index (χ3n) is 2.64. The smallest absolute Gasteiger partial charge is 0.124 e. The van der Waals surface area contributed by atoms with E-state index < -0.39 is 0 Å². The van der Waals surface area contributed by atoms with E-state index in [1.165, 1.54) is 11.1 Å². The van der Waals surface area contributed by atoms with E-state index in [4.69, 9.17) is 5.73 Å². The lowest BCUT2D eigenvalue weighted by atomic mass is 10.1. The maximum absolute atomic E-state index is 5.91. The number of rotatable bonds is 2. The van der Waals surface area contributed by atoms with Crippen LogP contribution in [0.5, 0.6) is 0 Å². The van der Waals surface area contributed by atoms with Crippen molar-refractivity contribution in [3.8, 4) is 0 Å². The minimum atomic E-state index is 0.707. The molecule has 4 heteroatoms. The first kappa shape index (κ1) is 11.2. The number of hydrogen-bond donors (Lipinski definition) is 1. The predicted molar refractivity (Wildman–Crippen MR) is 69.4 cm³/mol. The van der Waals surface area contributed by atoms with Crippen molar-refractivity contribution in [2.75, 3.05) is 5.73 Å². The molecule has 16 heavy (non-hydrogen) atoms. The van der Waals surface area contributed by atoms with Gasteiger partial charge in [0.15, 0.2) is 0 Å². The zero-order valence-corrected chi connectivity index (χ0v) is 11.0. The average Bonchev–Trinajstić information content (AvgIpc) is 2.55. The maximum atomic E-state index is 5.91. The first-order valence-corrected chi connectivity index (χ1v) is 5.90. The summed E-state index contributed by atoms with van der Waals surface area (Å²) in [6.45, 7) is 4.74. The van der Waals surface area contributed by atoms with Crippen molar-refractivity contribution in [3.05, 3.63) is 45.6 Å². The van der Waals surface area contributed by atoms with Gasteiger partial charge in [0.05, 0.1) is 12.7 Å². The van der Waals surface area contributed by atoms with E-state index in [0.29, 0.717) is 6.54 Å². The topological polar surface area (TPSA) is 43.8 Å². The van der Waals surface area contributed by atoms with Gasteiger partial charge >= 0.3 is 0 Å². The van der Waals surface area contributed by atoms with Crippen molar-refractivity contribution in [2.24, 2.45) is 0 Å². The number of hydrogen-bond acceptors (Lipinski definition) is 2. The van der Waals surface area contributed by atoms with Crippen molar-refractivity contribution in [1.82, 2.24) is 9.78 Å². The van der Waals surface area contributed by atoms with Crippen LogP contribution in [-0.4, -0.2) is 9.78 Å². The molecule has 0 aliphatic carbocycles. The summed E-state index contributed by atoms with van der Waals surface area (Å²) in [6.07, 6.45) is 1.79. The summed E-state index contributed by atoms with van der Waals surface area (Å²) in [4.78, 5) is 0. The number of nitrogen functional groups attached to an aromatic ring is 1. The van der Waals surface area contributed by atoms with Gasteiger partial charge in [-0.15, -0.1) is 0 Å². The van der Waals surface area contributed by atoms with E-state index in [-0.39, 0.29) is 0 Å². The van der Waals surface area contributed by atoms with Crippen molar-refractivity contribution >= 4 is 21.7 Å². The molecule has 2 rings (SSSR count). The fourth-order valence-electron chi connectivity index (χ4n) is 1.52. The molecule has 0 saturated carbocycles. The number of anilines is 1. The van der Waals surface area contributed by atoms with Gasteiger partial charge in [-0.1, -0.05) is 28.1 Å². The molecule has 3 nitrogen and oxygen atoms in total. The van der Waals surface area contributed by atoms with E-state index >= 15 is 0 Å². The fourth-order valence-corrected chi connectivity index (χ4v) is 1.95. The molecular formula is C12H14BrN3. The van der Waals surface area contributed by atoms with Crippen LogP contribution < -0.4 is 5.73 Å². The Hall–Kier alpha value is -1.29. The number of aromatic nitrogens is 2. The van der Waals surface area contributed by atoms with Crippen molar-refractivity contribution in [3.63, 3.8) is 0 Å². The number of halogens is 1. The summed E-state index contributed by atoms with van der Waals surface area (Å²) in [5.74, 6) is 0.733. The van der Waals surface area contributed by atoms with Crippen LogP contribution in [0.3, 0.4) is 0 Å².